The third-order valence-electron chi connectivity index (χ3n) is 1.77. The Labute approximate surface area is 84.1 Å². The Balaban J connectivity index is 2.57. The van der Waals surface area contributed by atoms with E-state index < -0.39 is 0 Å². The van der Waals surface area contributed by atoms with Crippen molar-refractivity contribution in [1.82, 2.24) is 9.97 Å². The van der Waals surface area contributed by atoms with Gasteiger partial charge < -0.3 is 10.7 Å². The van der Waals surface area contributed by atoms with Gasteiger partial charge in [0.2, 0.25) is 0 Å². The van der Waals surface area contributed by atoms with Gasteiger partial charge in [-0.3, -0.25) is 0 Å². The van der Waals surface area contributed by atoms with E-state index in [-0.39, 0.29) is 0 Å². The van der Waals surface area contributed by atoms with Crippen molar-refractivity contribution in [3.05, 3.63) is 35.1 Å². The van der Waals surface area contributed by atoms with Crippen LogP contribution in [0.4, 0.5) is 5.69 Å². The molecule has 3 nitrogen and oxygen atoms in total. The van der Waals surface area contributed by atoms with Gasteiger partial charge >= 0.3 is 0 Å². The maximum Gasteiger partial charge on any atom is 0.139 e. The van der Waals surface area contributed by atoms with Gasteiger partial charge in [-0.1, -0.05) is 15.9 Å². The minimum Gasteiger partial charge on any atom is -0.398 e. The summed E-state index contributed by atoms with van der Waals surface area (Å²) in [6.07, 6.45) is 3.48. The molecule has 4 heteroatoms. The number of nitrogens with zero attached hydrogens (tertiary/aromatic N) is 1. The number of aromatic amines is 1. The van der Waals surface area contributed by atoms with Crippen LogP contribution in [0.1, 0.15) is 0 Å². The molecule has 1 heterocycles. The molecule has 0 radical (unpaired) electrons. The molecule has 2 aromatic rings. The number of H-pyrrole nitrogens is 1. The minimum atomic E-state index is 0.721. The Morgan fingerprint density at radius 3 is 2.92 bits per heavy atom. The molecule has 0 saturated carbocycles. The van der Waals surface area contributed by atoms with E-state index in [0.29, 0.717) is 0 Å². The number of nitrogens with two attached hydrogens (primary N) is 1. The maximum absolute atomic E-state index is 5.80. The molecule has 3 N–H and O–H groups in total. The van der Waals surface area contributed by atoms with E-state index in [2.05, 4.69) is 25.9 Å². The lowest BCUT2D eigenvalue weighted by Crippen LogP contribution is -1.90. The molecule has 1 aromatic heterocycles. The minimum absolute atomic E-state index is 0.721. The van der Waals surface area contributed by atoms with E-state index in [4.69, 9.17) is 5.73 Å². The van der Waals surface area contributed by atoms with Crippen LogP contribution < -0.4 is 5.73 Å². The lowest BCUT2D eigenvalue weighted by atomic mass is 10.2. The zero-order valence-corrected chi connectivity index (χ0v) is 8.38. The molecule has 0 bridgehead atoms. The quantitative estimate of drug-likeness (QED) is 0.749. The average Bonchev–Trinajstić information content (AvgIpc) is 2.61. The molecular weight excluding hydrogens is 230 g/mol. The molecule has 66 valence electrons. The largest absolute Gasteiger partial charge is 0.398 e. The van der Waals surface area contributed by atoms with Gasteiger partial charge in [0.1, 0.15) is 5.82 Å². The van der Waals surface area contributed by atoms with Gasteiger partial charge in [0.25, 0.3) is 0 Å². The van der Waals surface area contributed by atoms with Crippen molar-refractivity contribution in [1.29, 1.82) is 0 Å². The zero-order chi connectivity index (χ0) is 9.26. The molecule has 0 saturated heterocycles. The van der Waals surface area contributed by atoms with Gasteiger partial charge in [-0.2, -0.15) is 0 Å². The second-order valence-corrected chi connectivity index (χ2v) is 3.59. The van der Waals surface area contributed by atoms with Crippen LogP contribution in [0.3, 0.4) is 0 Å². The molecule has 0 spiro atoms. The summed E-state index contributed by atoms with van der Waals surface area (Å²) >= 11 is 3.38. The number of anilines is 1. The first-order valence-electron chi connectivity index (χ1n) is 3.82. The van der Waals surface area contributed by atoms with Crippen molar-refractivity contribution in [3.63, 3.8) is 0 Å². The van der Waals surface area contributed by atoms with E-state index in [1.165, 1.54) is 0 Å². The van der Waals surface area contributed by atoms with Gasteiger partial charge in [0.15, 0.2) is 0 Å². The van der Waals surface area contributed by atoms with Gasteiger partial charge in [-0.05, 0) is 18.2 Å². The molecule has 13 heavy (non-hydrogen) atoms. The first-order chi connectivity index (χ1) is 6.27. The van der Waals surface area contributed by atoms with Gasteiger partial charge in [0.05, 0.1) is 0 Å². The normalized spacial score (nSPS) is 10.2. The molecular formula is C9H8BrN3. The second-order valence-electron chi connectivity index (χ2n) is 2.67. The van der Waals surface area contributed by atoms with Crippen LogP contribution in [-0.4, -0.2) is 9.97 Å². The van der Waals surface area contributed by atoms with Crippen molar-refractivity contribution in [2.24, 2.45) is 0 Å². The van der Waals surface area contributed by atoms with Crippen LogP contribution >= 0.6 is 15.9 Å². The highest BCUT2D eigenvalue weighted by Gasteiger charge is 2.04. The molecule has 0 atom stereocenters. The van der Waals surface area contributed by atoms with Crippen molar-refractivity contribution in [3.8, 4) is 11.4 Å². The molecule has 0 aliphatic carbocycles. The second kappa shape index (κ2) is 3.22. The number of nitrogens with one attached hydrogen (secondary N) is 1. The van der Waals surface area contributed by atoms with E-state index in [1.54, 1.807) is 12.4 Å². The van der Waals surface area contributed by atoms with Crippen molar-refractivity contribution < 1.29 is 0 Å². The fourth-order valence-corrected chi connectivity index (χ4v) is 1.51. The van der Waals surface area contributed by atoms with Crippen LogP contribution in [0.25, 0.3) is 11.4 Å². The van der Waals surface area contributed by atoms with Crippen LogP contribution in [0.5, 0.6) is 0 Å². The maximum atomic E-state index is 5.80. The Morgan fingerprint density at radius 2 is 2.23 bits per heavy atom. The summed E-state index contributed by atoms with van der Waals surface area (Å²) in [7, 11) is 0. The molecule has 0 aliphatic rings. The predicted octanol–water partition coefficient (Wildman–Crippen LogP) is 2.42. The molecule has 0 unspecified atom stereocenters. The van der Waals surface area contributed by atoms with Gasteiger partial charge in [-0.15, -0.1) is 0 Å². The average molecular weight is 238 g/mol. The highest BCUT2D eigenvalue weighted by molar-refractivity contribution is 9.10. The summed E-state index contributed by atoms with van der Waals surface area (Å²) < 4.78 is 0.994. The SMILES string of the molecule is Nc1ccc(Br)cc1-c1ncc[nH]1. The molecule has 0 aliphatic heterocycles. The smallest absolute Gasteiger partial charge is 0.139 e. The van der Waals surface area contributed by atoms with Crippen molar-refractivity contribution >= 4 is 21.6 Å². The molecule has 0 fully saturated rings. The van der Waals surface area contributed by atoms with Gasteiger partial charge in [-0.25, -0.2) is 4.98 Å². The summed E-state index contributed by atoms with van der Waals surface area (Å²) in [6.45, 7) is 0. The zero-order valence-electron chi connectivity index (χ0n) is 6.79. The number of nitrogen functional groups attached to an aromatic ring is 1. The molecule has 2 rings (SSSR count). The lowest BCUT2D eigenvalue weighted by molar-refractivity contribution is 1.31. The summed E-state index contributed by atoms with van der Waals surface area (Å²) in [5.41, 5.74) is 7.44. The lowest BCUT2D eigenvalue weighted by Gasteiger charge is -2.02. The Hall–Kier alpha value is -1.29. The third kappa shape index (κ3) is 1.58. The van der Waals surface area contributed by atoms with Crippen molar-refractivity contribution in [2.75, 3.05) is 5.73 Å². The number of aromatic nitrogens is 2. The molecule has 1 aromatic carbocycles. The van der Waals surface area contributed by atoms with E-state index in [0.717, 1.165) is 21.5 Å². The number of hydrogen-bond acceptors (Lipinski definition) is 2. The van der Waals surface area contributed by atoms with E-state index in [1.807, 2.05) is 18.2 Å². The first-order valence-corrected chi connectivity index (χ1v) is 4.61. The number of halogens is 1. The number of hydrogen-bond donors (Lipinski definition) is 2. The number of rotatable bonds is 1. The molecule has 0 amide bonds. The van der Waals surface area contributed by atoms with Crippen LogP contribution in [-0.2, 0) is 0 Å². The summed E-state index contributed by atoms with van der Waals surface area (Å²) in [4.78, 5) is 7.14. The van der Waals surface area contributed by atoms with E-state index >= 15 is 0 Å². The van der Waals surface area contributed by atoms with Crippen LogP contribution in [0.2, 0.25) is 0 Å². The Morgan fingerprint density at radius 1 is 1.38 bits per heavy atom. The third-order valence-corrected chi connectivity index (χ3v) is 2.26. The Kier molecular flexibility index (Phi) is 2.06. The summed E-state index contributed by atoms with van der Waals surface area (Å²) in [5.74, 6) is 0.791. The fourth-order valence-electron chi connectivity index (χ4n) is 1.15. The van der Waals surface area contributed by atoms with Crippen molar-refractivity contribution in [2.45, 2.75) is 0 Å². The first kappa shape index (κ1) is 8.31. The summed E-state index contributed by atoms with van der Waals surface area (Å²) in [6, 6.07) is 5.69. The highest BCUT2D eigenvalue weighted by atomic mass is 79.9. The standard InChI is InChI=1S/C9H8BrN3/c10-6-1-2-8(11)7(5-6)9-12-3-4-13-9/h1-5H,11H2,(H,12,13). The topological polar surface area (TPSA) is 54.7 Å². The predicted molar refractivity (Wildman–Crippen MR) is 56.1 cm³/mol. The fraction of sp³-hybridized carbons (Fsp3) is 0. The monoisotopic (exact) mass is 237 g/mol. The van der Waals surface area contributed by atoms with E-state index in [9.17, 15) is 0 Å². The summed E-state index contributed by atoms with van der Waals surface area (Å²) in [5, 5.41) is 0. The number of benzene rings is 1. The van der Waals surface area contributed by atoms with Gasteiger partial charge in [0, 0.05) is 28.1 Å². The number of imidazole rings is 1. The highest BCUT2D eigenvalue weighted by Crippen LogP contribution is 2.25. The van der Waals surface area contributed by atoms with Crippen LogP contribution in [0.15, 0.2) is 35.1 Å². The van der Waals surface area contributed by atoms with Crippen LogP contribution in [0, 0.1) is 0 Å². The Bertz CT molecular complexity index is 409.